The van der Waals surface area contributed by atoms with Crippen LogP contribution < -0.4 is 10.6 Å². The number of carbonyl (C=O) groups excluding carboxylic acids is 2. The molecular weight excluding hydrogens is 280 g/mol. The Labute approximate surface area is 131 Å². The number of ether oxygens (including phenoxy) is 1. The summed E-state index contributed by atoms with van der Waals surface area (Å²) < 4.78 is 5.42. The van der Waals surface area contributed by atoms with Gasteiger partial charge in [0, 0.05) is 18.8 Å². The Hall–Kier alpha value is -1.88. The van der Waals surface area contributed by atoms with Gasteiger partial charge in [0.2, 0.25) is 0 Å². The van der Waals surface area contributed by atoms with Crippen molar-refractivity contribution in [2.24, 2.45) is 0 Å². The van der Waals surface area contributed by atoms with Crippen molar-refractivity contribution in [3.8, 4) is 0 Å². The predicted molar refractivity (Wildman–Crippen MR) is 85.8 cm³/mol. The molecule has 0 aromatic heterocycles. The van der Waals surface area contributed by atoms with Gasteiger partial charge in [0.1, 0.15) is 0 Å². The van der Waals surface area contributed by atoms with E-state index in [1.807, 2.05) is 24.3 Å². The summed E-state index contributed by atoms with van der Waals surface area (Å²) in [6, 6.07) is 7.60. The van der Waals surface area contributed by atoms with Crippen LogP contribution in [0.2, 0.25) is 0 Å². The molecule has 1 saturated heterocycles. The molecule has 2 unspecified atom stereocenters. The quantitative estimate of drug-likeness (QED) is 0.821. The van der Waals surface area contributed by atoms with Gasteiger partial charge in [0.05, 0.1) is 6.10 Å². The third-order valence-corrected chi connectivity index (χ3v) is 4.07. The molecule has 0 saturated carbocycles. The van der Waals surface area contributed by atoms with E-state index in [2.05, 4.69) is 24.5 Å². The summed E-state index contributed by atoms with van der Waals surface area (Å²) in [5.41, 5.74) is 1.75. The summed E-state index contributed by atoms with van der Waals surface area (Å²) in [4.78, 5) is 23.9. The minimum atomic E-state index is -0.631. The van der Waals surface area contributed by atoms with Crippen LogP contribution in [0.15, 0.2) is 24.3 Å². The number of hydrogen-bond donors (Lipinski definition) is 2. The number of hydrogen-bond acceptors (Lipinski definition) is 3. The van der Waals surface area contributed by atoms with E-state index in [4.69, 9.17) is 4.74 Å². The minimum absolute atomic E-state index is 0.0316. The smallest absolute Gasteiger partial charge is 0.313 e. The lowest BCUT2D eigenvalue weighted by Gasteiger charge is -2.16. The zero-order chi connectivity index (χ0) is 15.9. The Balaban J connectivity index is 1.92. The maximum Gasteiger partial charge on any atom is 0.313 e. The molecule has 5 nitrogen and oxygen atoms in total. The summed E-state index contributed by atoms with van der Waals surface area (Å²) in [5, 5.41) is 5.34. The van der Waals surface area contributed by atoms with E-state index >= 15 is 0 Å². The molecule has 2 N–H and O–H groups in total. The van der Waals surface area contributed by atoms with Crippen molar-refractivity contribution in [2.45, 2.75) is 45.1 Å². The summed E-state index contributed by atoms with van der Waals surface area (Å²) in [7, 11) is 0. The Kier molecular flexibility index (Phi) is 5.95. The fourth-order valence-electron chi connectivity index (χ4n) is 2.53. The van der Waals surface area contributed by atoms with Crippen molar-refractivity contribution in [3.63, 3.8) is 0 Å². The van der Waals surface area contributed by atoms with Gasteiger partial charge in [-0.25, -0.2) is 0 Å². The zero-order valence-corrected chi connectivity index (χ0v) is 13.2. The molecule has 1 aromatic carbocycles. The fourth-order valence-corrected chi connectivity index (χ4v) is 2.53. The van der Waals surface area contributed by atoms with Crippen molar-refractivity contribution < 1.29 is 14.3 Å². The number of para-hydroxylation sites is 1. The van der Waals surface area contributed by atoms with Crippen LogP contribution in [-0.4, -0.2) is 31.1 Å². The van der Waals surface area contributed by atoms with Gasteiger partial charge >= 0.3 is 11.8 Å². The van der Waals surface area contributed by atoms with Crippen LogP contribution in [0.1, 0.15) is 44.6 Å². The van der Waals surface area contributed by atoms with Gasteiger partial charge in [-0.15, -0.1) is 0 Å². The van der Waals surface area contributed by atoms with Gasteiger partial charge < -0.3 is 15.4 Å². The van der Waals surface area contributed by atoms with E-state index in [0.717, 1.165) is 31.4 Å². The first-order chi connectivity index (χ1) is 10.6. The molecule has 0 bridgehead atoms. The van der Waals surface area contributed by atoms with Crippen LogP contribution in [0.5, 0.6) is 0 Å². The maximum absolute atomic E-state index is 12.0. The molecule has 2 amide bonds. The maximum atomic E-state index is 12.0. The molecule has 0 aliphatic carbocycles. The third kappa shape index (κ3) is 4.31. The number of amides is 2. The molecule has 5 heteroatoms. The summed E-state index contributed by atoms with van der Waals surface area (Å²) >= 11 is 0. The highest BCUT2D eigenvalue weighted by Crippen LogP contribution is 2.26. The summed E-state index contributed by atoms with van der Waals surface area (Å²) in [6.45, 7) is 5.31. The van der Waals surface area contributed by atoms with Crippen LogP contribution in [0, 0.1) is 0 Å². The highest BCUT2D eigenvalue weighted by molar-refractivity contribution is 6.39. The largest absolute Gasteiger partial charge is 0.376 e. The number of anilines is 1. The second-order valence-electron chi connectivity index (χ2n) is 5.70. The lowest BCUT2D eigenvalue weighted by atomic mass is 9.97. The molecule has 2 atom stereocenters. The van der Waals surface area contributed by atoms with Gasteiger partial charge in [0.15, 0.2) is 0 Å². The summed E-state index contributed by atoms with van der Waals surface area (Å²) in [6.07, 6.45) is 2.94. The van der Waals surface area contributed by atoms with E-state index in [-0.39, 0.29) is 6.10 Å². The Morgan fingerprint density at radius 2 is 2.09 bits per heavy atom. The predicted octanol–water partition coefficient (Wildman–Crippen LogP) is 2.43. The second-order valence-corrected chi connectivity index (χ2v) is 5.70. The van der Waals surface area contributed by atoms with Crippen molar-refractivity contribution >= 4 is 17.5 Å². The average molecular weight is 304 g/mol. The van der Waals surface area contributed by atoms with Gasteiger partial charge in [0.25, 0.3) is 0 Å². The molecular formula is C17H24N2O3. The topological polar surface area (TPSA) is 67.4 Å². The molecule has 120 valence electrons. The van der Waals surface area contributed by atoms with Crippen molar-refractivity contribution in [3.05, 3.63) is 29.8 Å². The van der Waals surface area contributed by atoms with Crippen LogP contribution in [0.4, 0.5) is 5.69 Å². The van der Waals surface area contributed by atoms with Gasteiger partial charge in [-0.05, 0) is 36.8 Å². The molecule has 22 heavy (non-hydrogen) atoms. The Morgan fingerprint density at radius 1 is 1.32 bits per heavy atom. The molecule has 1 aromatic rings. The van der Waals surface area contributed by atoms with E-state index in [1.54, 1.807) is 0 Å². The molecule has 2 rings (SSSR count). The van der Waals surface area contributed by atoms with Crippen molar-refractivity contribution in [1.82, 2.24) is 5.32 Å². The summed E-state index contributed by atoms with van der Waals surface area (Å²) in [5.74, 6) is -0.922. The number of nitrogens with one attached hydrogen (secondary N) is 2. The first kappa shape index (κ1) is 16.5. The van der Waals surface area contributed by atoms with Gasteiger partial charge in [-0.3, -0.25) is 9.59 Å². The fraction of sp³-hybridized carbons (Fsp3) is 0.529. The highest BCUT2D eigenvalue weighted by Gasteiger charge is 2.20. The van der Waals surface area contributed by atoms with E-state index in [0.29, 0.717) is 18.2 Å². The van der Waals surface area contributed by atoms with Crippen LogP contribution in [-0.2, 0) is 14.3 Å². The van der Waals surface area contributed by atoms with Crippen LogP contribution in [0.25, 0.3) is 0 Å². The molecule has 1 fully saturated rings. The van der Waals surface area contributed by atoms with Crippen molar-refractivity contribution in [1.29, 1.82) is 0 Å². The molecule has 0 spiro atoms. The third-order valence-electron chi connectivity index (χ3n) is 4.07. The van der Waals surface area contributed by atoms with Crippen molar-refractivity contribution in [2.75, 3.05) is 18.5 Å². The SMILES string of the molecule is CCC(C)c1ccccc1NC(=O)C(=O)NCC1CCCO1. The monoisotopic (exact) mass is 304 g/mol. The number of benzene rings is 1. The first-order valence-electron chi connectivity index (χ1n) is 7.91. The minimum Gasteiger partial charge on any atom is -0.376 e. The standard InChI is InChI=1S/C17H24N2O3/c1-3-12(2)14-8-4-5-9-15(14)19-17(21)16(20)18-11-13-7-6-10-22-13/h4-5,8-9,12-13H,3,6-7,10-11H2,1-2H3,(H,18,20)(H,19,21). The average Bonchev–Trinajstić information content (AvgIpc) is 3.05. The van der Waals surface area contributed by atoms with Gasteiger partial charge in [-0.2, -0.15) is 0 Å². The van der Waals surface area contributed by atoms with Gasteiger partial charge in [-0.1, -0.05) is 32.0 Å². The lowest BCUT2D eigenvalue weighted by Crippen LogP contribution is -2.39. The molecule has 0 radical (unpaired) electrons. The van der Waals surface area contributed by atoms with Crippen LogP contribution >= 0.6 is 0 Å². The second kappa shape index (κ2) is 7.94. The first-order valence-corrected chi connectivity index (χ1v) is 7.91. The lowest BCUT2D eigenvalue weighted by molar-refractivity contribution is -0.136. The van der Waals surface area contributed by atoms with Crippen LogP contribution in [0.3, 0.4) is 0 Å². The van der Waals surface area contributed by atoms with E-state index in [9.17, 15) is 9.59 Å². The number of rotatable bonds is 5. The molecule has 1 aliphatic rings. The highest BCUT2D eigenvalue weighted by atomic mass is 16.5. The molecule has 1 aliphatic heterocycles. The Bertz CT molecular complexity index is 524. The Morgan fingerprint density at radius 3 is 2.77 bits per heavy atom. The van der Waals surface area contributed by atoms with E-state index in [1.165, 1.54) is 0 Å². The van der Waals surface area contributed by atoms with E-state index < -0.39 is 11.8 Å². The zero-order valence-electron chi connectivity index (χ0n) is 13.2. The normalized spacial score (nSPS) is 18.7. The molecule has 1 heterocycles. The number of carbonyl (C=O) groups is 2.